The van der Waals surface area contributed by atoms with E-state index in [-0.39, 0.29) is 18.9 Å². The van der Waals surface area contributed by atoms with Crippen LogP contribution >= 0.6 is 23.2 Å². The van der Waals surface area contributed by atoms with E-state index < -0.39 is 48.5 Å². The van der Waals surface area contributed by atoms with Gasteiger partial charge >= 0.3 is 0 Å². The number of halogens is 2. The zero-order valence-electron chi connectivity index (χ0n) is 10.5. The van der Waals surface area contributed by atoms with Gasteiger partial charge in [0.2, 0.25) is 0 Å². The molecule has 20 heavy (non-hydrogen) atoms. The maximum atomic E-state index is 9.78. The smallest absolute Gasteiger partial charge is 0.189 e. The molecule has 118 valence electrons. The second-order valence-electron chi connectivity index (χ2n) is 4.85. The average Bonchev–Trinajstić information content (AvgIpc) is 2.70. The topological polar surface area (TPSA) is 109 Å². The van der Waals surface area contributed by atoms with Crippen molar-refractivity contribution in [3.63, 3.8) is 0 Å². The van der Waals surface area contributed by atoms with Gasteiger partial charge < -0.3 is 34.6 Å². The molecule has 7 nitrogen and oxygen atoms in total. The van der Waals surface area contributed by atoms with Crippen LogP contribution in [0.1, 0.15) is 6.42 Å². The van der Waals surface area contributed by atoms with Gasteiger partial charge in [-0.3, -0.25) is 0 Å². The maximum absolute atomic E-state index is 9.78. The molecule has 6 unspecified atom stereocenters. The molecular formula is C11H18Cl2O7. The van der Waals surface area contributed by atoms with Gasteiger partial charge in [-0.1, -0.05) is 0 Å². The van der Waals surface area contributed by atoms with Crippen LogP contribution in [0.15, 0.2) is 0 Å². The number of aliphatic hydroxyl groups is 4. The predicted molar refractivity (Wildman–Crippen MR) is 68.5 cm³/mol. The summed E-state index contributed by atoms with van der Waals surface area (Å²) < 4.78 is 16.0. The SMILES string of the molecule is OCC1O[C@H](OC2OC(CCl)[C@@H](O)C2O)CC(O)C1Cl. The lowest BCUT2D eigenvalue weighted by atomic mass is 10.1. The van der Waals surface area contributed by atoms with Crippen LogP contribution in [0.25, 0.3) is 0 Å². The summed E-state index contributed by atoms with van der Waals surface area (Å²) in [6.45, 7) is -0.369. The minimum absolute atomic E-state index is 0.00918. The molecular weight excluding hydrogens is 315 g/mol. The van der Waals surface area contributed by atoms with Crippen LogP contribution in [0.5, 0.6) is 0 Å². The summed E-state index contributed by atoms with van der Waals surface area (Å²) in [5, 5.41) is 37.6. The van der Waals surface area contributed by atoms with Gasteiger partial charge in [0.15, 0.2) is 12.6 Å². The van der Waals surface area contributed by atoms with E-state index in [2.05, 4.69) is 0 Å². The van der Waals surface area contributed by atoms with Crippen molar-refractivity contribution < 1.29 is 34.6 Å². The highest BCUT2D eigenvalue weighted by Crippen LogP contribution is 2.29. The average molecular weight is 333 g/mol. The molecule has 2 saturated heterocycles. The van der Waals surface area contributed by atoms with Crippen LogP contribution < -0.4 is 0 Å². The van der Waals surface area contributed by atoms with Crippen molar-refractivity contribution in [1.29, 1.82) is 0 Å². The third kappa shape index (κ3) is 3.37. The van der Waals surface area contributed by atoms with Gasteiger partial charge in [0.1, 0.15) is 24.4 Å². The first kappa shape index (κ1) is 16.7. The van der Waals surface area contributed by atoms with Gasteiger partial charge in [-0.05, 0) is 0 Å². The number of hydrogen-bond donors (Lipinski definition) is 4. The van der Waals surface area contributed by atoms with Gasteiger partial charge in [-0.15, -0.1) is 23.2 Å². The zero-order chi connectivity index (χ0) is 14.9. The molecule has 0 bridgehead atoms. The zero-order valence-corrected chi connectivity index (χ0v) is 12.0. The monoisotopic (exact) mass is 332 g/mol. The molecule has 8 atom stereocenters. The second kappa shape index (κ2) is 7.04. The van der Waals surface area contributed by atoms with Crippen LogP contribution in [0, 0.1) is 0 Å². The quantitative estimate of drug-likeness (QED) is 0.477. The lowest BCUT2D eigenvalue weighted by Gasteiger charge is -2.36. The molecule has 2 fully saturated rings. The third-order valence-electron chi connectivity index (χ3n) is 3.42. The first-order valence-electron chi connectivity index (χ1n) is 6.29. The third-order valence-corrected chi connectivity index (χ3v) is 4.30. The Morgan fingerprint density at radius 2 is 1.80 bits per heavy atom. The summed E-state index contributed by atoms with van der Waals surface area (Å²) in [5.74, 6) is 0.00918. The fraction of sp³-hybridized carbons (Fsp3) is 1.00. The summed E-state index contributed by atoms with van der Waals surface area (Å²) in [6, 6.07) is 0. The largest absolute Gasteiger partial charge is 0.394 e. The Morgan fingerprint density at radius 1 is 1.10 bits per heavy atom. The lowest BCUT2D eigenvalue weighted by Crippen LogP contribution is -2.49. The van der Waals surface area contributed by atoms with Gasteiger partial charge in [-0.25, -0.2) is 0 Å². The number of alkyl halides is 2. The summed E-state index contributed by atoms with van der Waals surface area (Å²) in [5.41, 5.74) is 0. The van der Waals surface area contributed by atoms with E-state index in [4.69, 9.17) is 42.5 Å². The first-order valence-corrected chi connectivity index (χ1v) is 7.26. The summed E-state index contributed by atoms with van der Waals surface area (Å²) in [6.07, 6.45) is -6.80. The number of hydrogen-bond acceptors (Lipinski definition) is 7. The molecule has 0 aromatic heterocycles. The predicted octanol–water partition coefficient (Wildman–Crippen LogP) is -1.24. The molecule has 2 heterocycles. The van der Waals surface area contributed by atoms with Gasteiger partial charge in [-0.2, -0.15) is 0 Å². The molecule has 2 rings (SSSR count). The van der Waals surface area contributed by atoms with Gasteiger partial charge in [0.25, 0.3) is 0 Å². The molecule has 0 spiro atoms. The van der Waals surface area contributed by atoms with Crippen LogP contribution in [0.2, 0.25) is 0 Å². The van der Waals surface area contributed by atoms with Crippen LogP contribution in [-0.4, -0.2) is 81.4 Å². The van der Waals surface area contributed by atoms with Crippen molar-refractivity contribution in [2.24, 2.45) is 0 Å². The summed E-state index contributed by atoms with van der Waals surface area (Å²) >= 11 is 11.5. The number of rotatable bonds is 4. The number of ether oxygens (including phenoxy) is 3. The fourth-order valence-electron chi connectivity index (χ4n) is 2.24. The molecule has 2 aliphatic heterocycles. The van der Waals surface area contributed by atoms with E-state index in [1.807, 2.05) is 0 Å². The Kier molecular flexibility index (Phi) is 5.87. The minimum atomic E-state index is -1.26. The van der Waals surface area contributed by atoms with E-state index in [1.54, 1.807) is 0 Å². The Hall–Kier alpha value is 0.300. The van der Waals surface area contributed by atoms with Crippen LogP contribution in [-0.2, 0) is 14.2 Å². The Bertz CT molecular complexity index is 321. The van der Waals surface area contributed by atoms with Crippen molar-refractivity contribution in [2.75, 3.05) is 12.5 Å². The molecule has 0 aliphatic carbocycles. The molecule has 0 amide bonds. The van der Waals surface area contributed by atoms with E-state index in [1.165, 1.54) is 0 Å². The standard InChI is InChI=1S/C11H18Cl2O7/c12-2-5-9(16)10(17)11(19-5)20-7-1-4(15)8(13)6(3-14)18-7/h4-11,14-17H,1-3H2/t4?,5?,6?,7-,8?,9-,10?,11?/m1/s1. The summed E-state index contributed by atoms with van der Waals surface area (Å²) in [7, 11) is 0. The first-order chi connectivity index (χ1) is 9.47. The maximum Gasteiger partial charge on any atom is 0.189 e. The molecule has 0 aromatic rings. The van der Waals surface area contributed by atoms with Crippen molar-refractivity contribution in [3.05, 3.63) is 0 Å². The normalized spacial score (nSPS) is 49.5. The molecule has 0 radical (unpaired) electrons. The minimum Gasteiger partial charge on any atom is -0.394 e. The second-order valence-corrected chi connectivity index (χ2v) is 5.66. The van der Waals surface area contributed by atoms with E-state index in [0.29, 0.717) is 0 Å². The highest BCUT2D eigenvalue weighted by atomic mass is 35.5. The van der Waals surface area contributed by atoms with Crippen molar-refractivity contribution in [3.8, 4) is 0 Å². The molecule has 4 N–H and O–H groups in total. The van der Waals surface area contributed by atoms with Crippen molar-refractivity contribution in [1.82, 2.24) is 0 Å². The fourth-order valence-corrected chi connectivity index (χ4v) is 2.73. The Balaban J connectivity index is 1.93. The Labute approximate surface area is 126 Å². The molecule has 0 saturated carbocycles. The van der Waals surface area contributed by atoms with Crippen molar-refractivity contribution in [2.45, 2.75) is 54.9 Å². The van der Waals surface area contributed by atoms with Crippen LogP contribution in [0.4, 0.5) is 0 Å². The van der Waals surface area contributed by atoms with Crippen LogP contribution in [0.3, 0.4) is 0 Å². The lowest BCUT2D eigenvalue weighted by molar-refractivity contribution is -0.290. The van der Waals surface area contributed by atoms with E-state index in [0.717, 1.165) is 0 Å². The summed E-state index contributed by atoms with van der Waals surface area (Å²) in [4.78, 5) is 0. The van der Waals surface area contributed by atoms with E-state index >= 15 is 0 Å². The van der Waals surface area contributed by atoms with Gasteiger partial charge in [0.05, 0.1) is 24.0 Å². The van der Waals surface area contributed by atoms with E-state index in [9.17, 15) is 15.3 Å². The van der Waals surface area contributed by atoms with Crippen molar-refractivity contribution >= 4 is 23.2 Å². The number of aliphatic hydroxyl groups excluding tert-OH is 4. The Morgan fingerprint density at radius 3 is 2.35 bits per heavy atom. The highest BCUT2D eigenvalue weighted by molar-refractivity contribution is 6.21. The molecule has 9 heteroatoms. The van der Waals surface area contributed by atoms with Gasteiger partial charge in [0, 0.05) is 6.42 Å². The molecule has 0 aromatic carbocycles. The highest BCUT2D eigenvalue weighted by Gasteiger charge is 2.46. The molecule has 2 aliphatic rings.